The van der Waals surface area contributed by atoms with Crippen molar-refractivity contribution in [2.45, 2.75) is 83.1 Å². The average molecular weight is 624 g/mol. The second-order valence-corrected chi connectivity index (χ2v) is 13.2. The van der Waals surface area contributed by atoms with E-state index in [-0.39, 0.29) is 24.1 Å². The van der Waals surface area contributed by atoms with E-state index in [0.29, 0.717) is 41.3 Å². The lowest BCUT2D eigenvalue weighted by Crippen LogP contribution is -2.55. The summed E-state index contributed by atoms with van der Waals surface area (Å²) in [5, 5.41) is 12.1. The van der Waals surface area contributed by atoms with Crippen LogP contribution in [0, 0.1) is 6.57 Å². The van der Waals surface area contributed by atoms with Crippen molar-refractivity contribution in [3.8, 4) is 5.75 Å². The van der Waals surface area contributed by atoms with Crippen LogP contribution in [0.2, 0.25) is 5.02 Å². The van der Waals surface area contributed by atoms with Gasteiger partial charge >= 0.3 is 6.09 Å². The number of benzene rings is 1. The molecule has 0 atom stereocenters. The van der Waals surface area contributed by atoms with E-state index in [1.807, 2.05) is 26.8 Å². The van der Waals surface area contributed by atoms with Crippen molar-refractivity contribution in [3.63, 3.8) is 0 Å². The lowest BCUT2D eigenvalue weighted by atomic mass is 9.93. The number of hydrogen-bond donors (Lipinski definition) is 1. The van der Waals surface area contributed by atoms with Crippen molar-refractivity contribution in [1.82, 2.24) is 25.3 Å². The number of piperazine rings is 1. The number of ether oxygens (including phenoxy) is 2. The molecule has 3 fully saturated rings. The maximum Gasteiger partial charge on any atom is 0.410 e. The number of carbonyl (C=O) groups is 2. The fraction of sp³-hybridized carbons (Fsp3) is 0.594. The standard InChI is InChI=1S/C32H42ClN7O4/c1-32(2,3)44-31(42)40-19-17-38(18-20-40)23-13-15-39(16-14-23)29-12-11-28(36-37-29)30(41)35-22-5-7-24(8-6-22)43-25-9-10-27(34-4)26(33)21-25/h9-12,21-24H,5-8,13-20H2,1-3H3,(H,35,41). The molecular weight excluding hydrogens is 582 g/mol. The zero-order chi connectivity index (χ0) is 31.3. The van der Waals surface area contributed by atoms with Gasteiger partial charge in [-0.1, -0.05) is 17.7 Å². The third-order valence-electron chi connectivity index (χ3n) is 8.51. The first-order valence-corrected chi connectivity index (χ1v) is 15.9. The zero-order valence-corrected chi connectivity index (χ0v) is 26.6. The van der Waals surface area contributed by atoms with Gasteiger partial charge in [-0.2, -0.15) is 0 Å². The maximum atomic E-state index is 12.9. The number of hydrogen-bond acceptors (Lipinski definition) is 8. The number of piperidine rings is 1. The van der Waals surface area contributed by atoms with Crippen LogP contribution in [0.4, 0.5) is 16.3 Å². The van der Waals surface area contributed by atoms with E-state index in [0.717, 1.165) is 70.5 Å². The van der Waals surface area contributed by atoms with Crippen LogP contribution in [0.1, 0.15) is 69.8 Å². The minimum absolute atomic E-state index is 0.0445. The van der Waals surface area contributed by atoms with E-state index in [2.05, 4.69) is 30.2 Å². The maximum absolute atomic E-state index is 12.9. The lowest BCUT2D eigenvalue weighted by molar-refractivity contribution is 0.00900. The monoisotopic (exact) mass is 623 g/mol. The molecule has 236 valence electrons. The second-order valence-electron chi connectivity index (χ2n) is 12.8. The summed E-state index contributed by atoms with van der Waals surface area (Å²) in [4.78, 5) is 35.2. The van der Waals surface area contributed by atoms with Gasteiger partial charge in [0.1, 0.15) is 11.4 Å². The van der Waals surface area contributed by atoms with Crippen molar-refractivity contribution >= 4 is 35.1 Å². The van der Waals surface area contributed by atoms with Crippen LogP contribution in [-0.4, -0.2) is 95.1 Å². The van der Waals surface area contributed by atoms with Gasteiger partial charge < -0.3 is 24.6 Å². The predicted molar refractivity (Wildman–Crippen MR) is 168 cm³/mol. The highest BCUT2D eigenvalue weighted by molar-refractivity contribution is 6.33. The van der Waals surface area contributed by atoms with Crippen LogP contribution < -0.4 is 15.0 Å². The normalized spacial score (nSPS) is 21.8. The molecule has 1 aromatic carbocycles. The molecule has 1 saturated carbocycles. The Labute approximate surface area is 264 Å². The molecular formula is C32H42ClN7O4. The number of carbonyl (C=O) groups excluding carboxylic acids is 2. The zero-order valence-electron chi connectivity index (χ0n) is 25.8. The van der Waals surface area contributed by atoms with Crippen molar-refractivity contribution in [3.05, 3.63) is 52.5 Å². The summed E-state index contributed by atoms with van der Waals surface area (Å²) in [6, 6.07) is 9.31. The number of nitrogens with zero attached hydrogens (tertiary/aromatic N) is 6. The largest absolute Gasteiger partial charge is 0.490 e. The molecule has 0 spiro atoms. The van der Waals surface area contributed by atoms with Crippen molar-refractivity contribution in [2.75, 3.05) is 44.2 Å². The lowest BCUT2D eigenvalue weighted by Gasteiger charge is -2.43. The Balaban J connectivity index is 1.02. The van der Waals surface area contributed by atoms with Gasteiger partial charge in [0.15, 0.2) is 11.5 Å². The molecule has 1 aliphatic carbocycles. The number of amides is 2. The van der Waals surface area contributed by atoms with Gasteiger partial charge in [0.2, 0.25) is 5.69 Å². The summed E-state index contributed by atoms with van der Waals surface area (Å²) in [7, 11) is 0. The Morgan fingerprint density at radius 3 is 2.25 bits per heavy atom. The smallest absolute Gasteiger partial charge is 0.410 e. The summed E-state index contributed by atoms with van der Waals surface area (Å²) >= 11 is 6.13. The molecule has 2 aromatic rings. The topological polar surface area (TPSA) is 104 Å². The van der Waals surface area contributed by atoms with Gasteiger partial charge in [-0.05, 0) is 83.6 Å². The molecule has 2 saturated heterocycles. The molecule has 3 heterocycles. The molecule has 1 N–H and O–H groups in total. The highest BCUT2D eigenvalue weighted by Gasteiger charge is 2.31. The molecule has 44 heavy (non-hydrogen) atoms. The summed E-state index contributed by atoms with van der Waals surface area (Å²) in [6.45, 7) is 17.6. The molecule has 2 aliphatic heterocycles. The minimum Gasteiger partial charge on any atom is -0.490 e. The van der Waals surface area contributed by atoms with Gasteiger partial charge in [0, 0.05) is 51.4 Å². The number of anilines is 1. The molecule has 1 aromatic heterocycles. The second kappa shape index (κ2) is 14.0. The Morgan fingerprint density at radius 2 is 1.66 bits per heavy atom. The Morgan fingerprint density at radius 1 is 0.955 bits per heavy atom. The first kappa shape index (κ1) is 31.8. The van der Waals surface area contributed by atoms with E-state index in [1.54, 1.807) is 29.2 Å². The van der Waals surface area contributed by atoms with E-state index >= 15 is 0 Å². The first-order chi connectivity index (χ1) is 21.1. The van der Waals surface area contributed by atoms with E-state index in [4.69, 9.17) is 27.6 Å². The highest BCUT2D eigenvalue weighted by atomic mass is 35.5. The molecule has 5 rings (SSSR count). The molecule has 3 aliphatic rings. The Bertz CT molecular complexity index is 1340. The Hall–Kier alpha value is -3.62. The predicted octanol–water partition coefficient (Wildman–Crippen LogP) is 5.32. The van der Waals surface area contributed by atoms with E-state index < -0.39 is 5.60 Å². The van der Waals surface area contributed by atoms with Crippen LogP contribution in [-0.2, 0) is 4.74 Å². The number of halogens is 1. The first-order valence-electron chi connectivity index (χ1n) is 15.5. The van der Waals surface area contributed by atoms with Gasteiger partial charge in [-0.25, -0.2) is 9.64 Å². The average Bonchev–Trinajstić information content (AvgIpc) is 3.01. The van der Waals surface area contributed by atoms with Crippen molar-refractivity contribution in [1.29, 1.82) is 0 Å². The number of rotatable bonds is 6. The van der Waals surface area contributed by atoms with Crippen molar-refractivity contribution in [2.24, 2.45) is 0 Å². The van der Waals surface area contributed by atoms with Crippen LogP contribution in [0.5, 0.6) is 5.75 Å². The Kier molecular flexibility index (Phi) is 10.1. The van der Waals surface area contributed by atoms with E-state index in [9.17, 15) is 9.59 Å². The molecule has 0 bridgehead atoms. The number of aromatic nitrogens is 2. The van der Waals surface area contributed by atoms with Gasteiger partial charge in [-0.3, -0.25) is 9.69 Å². The quantitative estimate of drug-likeness (QED) is 0.431. The summed E-state index contributed by atoms with van der Waals surface area (Å²) < 4.78 is 11.6. The molecule has 0 unspecified atom stereocenters. The molecule has 0 radical (unpaired) electrons. The van der Waals surface area contributed by atoms with Gasteiger partial charge in [0.05, 0.1) is 17.7 Å². The summed E-state index contributed by atoms with van der Waals surface area (Å²) in [6.07, 6.45) is 5.09. The third kappa shape index (κ3) is 8.30. The molecule has 12 heteroatoms. The fourth-order valence-corrected chi connectivity index (χ4v) is 6.31. The minimum atomic E-state index is -0.479. The van der Waals surface area contributed by atoms with Crippen molar-refractivity contribution < 1.29 is 19.1 Å². The number of nitrogens with one attached hydrogen (secondary N) is 1. The van der Waals surface area contributed by atoms with Crippen LogP contribution in [0.15, 0.2) is 30.3 Å². The van der Waals surface area contributed by atoms with Crippen LogP contribution in [0.25, 0.3) is 4.85 Å². The van der Waals surface area contributed by atoms with Crippen LogP contribution >= 0.6 is 11.6 Å². The third-order valence-corrected chi connectivity index (χ3v) is 8.81. The molecule has 2 amide bonds. The molecule has 11 nitrogen and oxygen atoms in total. The summed E-state index contributed by atoms with van der Waals surface area (Å²) in [5.74, 6) is 1.24. The highest BCUT2D eigenvalue weighted by Crippen LogP contribution is 2.31. The van der Waals surface area contributed by atoms with E-state index in [1.165, 1.54) is 0 Å². The van der Waals surface area contributed by atoms with Gasteiger partial charge in [0.25, 0.3) is 5.91 Å². The SMILES string of the molecule is [C-]#[N+]c1ccc(OC2CCC(NC(=O)c3ccc(N4CCC(N5CCN(C(=O)OC(C)(C)C)CC5)CC4)nn3)CC2)cc1Cl. The summed E-state index contributed by atoms with van der Waals surface area (Å²) in [5.41, 5.74) is 0.252. The van der Waals surface area contributed by atoms with Gasteiger partial charge in [-0.15, -0.1) is 10.2 Å². The van der Waals surface area contributed by atoms with Crippen LogP contribution in [0.3, 0.4) is 0 Å². The fourth-order valence-electron chi connectivity index (χ4n) is 6.10.